The smallest absolute Gasteiger partial charge is 0.329 e. The molecule has 1 aromatic carbocycles. The molecular weight excluding hydrogens is 258 g/mol. The van der Waals surface area contributed by atoms with Gasteiger partial charge in [0.05, 0.1) is 11.0 Å². The number of amides is 1. The average Bonchev–Trinajstić information content (AvgIpc) is 2.44. The number of nitrogens with zero attached hydrogens (tertiary/aromatic N) is 3. The molecule has 0 aliphatic heterocycles. The summed E-state index contributed by atoms with van der Waals surface area (Å²) in [6.45, 7) is 2.96. The molecule has 0 saturated carbocycles. The van der Waals surface area contributed by atoms with Gasteiger partial charge in [0.2, 0.25) is 0 Å². The molecule has 0 radical (unpaired) electrons. The van der Waals surface area contributed by atoms with E-state index in [9.17, 15) is 9.59 Å². The monoisotopic (exact) mass is 273 g/mol. The molecule has 6 heteroatoms. The molecule has 20 heavy (non-hydrogen) atoms. The van der Waals surface area contributed by atoms with E-state index in [1.165, 1.54) is 25.8 Å². The number of carbonyl (C=O) groups excluding carboxylic acids is 1. The Bertz CT molecular complexity index is 682. The first-order valence-corrected chi connectivity index (χ1v) is 6.06. The van der Waals surface area contributed by atoms with Gasteiger partial charge in [-0.1, -0.05) is 0 Å². The number of hydrogen-bond donors (Lipinski definition) is 1. The van der Waals surface area contributed by atoms with Crippen LogP contribution in [0.3, 0.4) is 0 Å². The van der Waals surface area contributed by atoms with Crippen LogP contribution in [0.2, 0.25) is 0 Å². The second kappa shape index (κ2) is 4.88. The third kappa shape index (κ3) is 2.32. The topological polar surface area (TPSA) is 83.4 Å². The van der Waals surface area contributed by atoms with Crippen LogP contribution in [-0.4, -0.2) is 44.4 Å². The highest BCUT2D eigenvalue weighted by atomic mass is 16.4. The quantitative estimate of drug-likeness (QED) is 0.917. The molecule has 0 bridgehead atoms. The van der Waals surface area contributed by atoms with Gasteiger partial charge in [0.25, 0.3) is 5.91 Å². The SMILES string of the molecule is CN(C(=O)c1ccc2nccnc2c1)C(C)(C)C(=O)O. The highest BCUT2D eigenvalue weighted by Crippen LogP contribution is 2.18. The second-order valence-electron chi connectivity index (χ2n) is 4.99. The Balaban J connectivity index is 2.38. The van der Waals surface area contributed by atoms with Crippen LogP contribution in [0.5, 0.6) is 0 Å². The molecule has 0 spiro atoms. The van der Waals surface area contributed by atoms with Crippen LogP contribution in [0, 0.1) is 0 Å². The molecule has 1 amide bonds. The highest BCUT2D eigenvalue weighted by molar-refractivity contribution is 5.99. The summed E-state index contributed by atoms with van der Waals surface area (Å²) in [5.74, 6) is -1.43. The van der Waals surface area contributed by atoms with Crippen molar-refractivity contribution in [2.45, 2.75) is 19.4 Å². The van der Waals surface area contributed by atoms with Crippen molar-refractivity contribution in [2.75, 3.05) is 7.05 Å². The van der Waals surface area contributed by atoms with Crippen molar-refractivity contribution in [1.82, 2.24) is 14.9 Å². The maximum Gasteiger partial charge on any atom is 0.329 e. The predicted octanol–water partition coefficient (Wildman–Crippen LogP) is 1.56. The zero-order valence-corrected chi connectivity index (χ0v) is 11.5. The summed E-state index contributed by atoms with van der Waals surface area (Å²) in [5, 5.41) is 9.16. The van der Waals surface area contributed by atoms with E-state index in [4.69, 9.17) is 5.11 Å². The predicted molar refractivity (Wildman–Crippen MR) is 73.3 cm³/mol. The first kappa shape index (κ1) is 13.9. The number of rotatable bonds is 3. The number of carboxylic acid groups (broad SMARTS) is 1. The lowest BCUT2D eigenvalue weighted by molar-refractivity contribution is -0.147. The standard InChI is InChI=1S/C14H15N3O3/c1-14(2,13(19)20)17(3)12(18)9-4-5-10-11(8-9)16-7-6-15-10/h4-8H,1-3H3,(H,19,20). The Morgan fingerprint density at radius 2 is 1.75 bits per heavy atom. The number of likely N-dealkylation sites (N-methyl/N-ethyl adjacent to an activating group) is 1. The second-order valence-corrected chi connectivity index (χ2v) is 4.99. The summed E-state index contributed by atoms with van der Waals surface area (Å²) in [4.78, 5) is 33.0. The molecule has 0 unspecified atom stereocenters. The number of benzene rings is 1. The van der Waals surface area contributed by atoms with Gasteiger partial charge in [0.1, 0.15) is 5.54 Å². The van der Waals surface area contributed by atoms with E-state index < -0.39 is 11.5 Å². The number of hydrogen-bond acceptors (Lipinski definition) is 4. The minimum atomic E-state index is -1.28. The maximum atomic E-state index is 12.4. The lowest BCUT2D eigenvalue weighted by Crippen LogP contribution is -2.50. The van der Waals surface area contributed by atoms with Gasteiger partial charge in [0.15, 0.2) is 0 Å². The van der Waals surface area contributed by atoms with E-state index in [1.54, 1.807) is 30.6 Å². The van der Waals surface area contributed by atoms with E-state index in [2.05, 4.69) is 9.97 Å². The lowest BCUT2D eigenvalue weighted by atomic mass is 10.0. The van der Waals surface area contributed by atoms with Crippen LogP contribution in [-0.2, 0) is 4.79 Å². The maximum absolute atomic E-state index is 12.4. The molecule has 1 heterocycles. The largest absolute Gasteiger partial charge is 0.480 e. The molecule has 0 aliphatic carbocycles. The fourth-order valence-corrected chi connectivity index (χ4v) is 1.69. The van der Waals surface area contributed by atoms with E-state index >= 15 is 0 Å². The number of aromatic nitrogens is 2. The molecular formula is C14H15N3O3. The number of carbonyl (C=O) groups is 2. The van der Waals surface area contributed by atoms with Gasteiger partial charge in [-0.3, -0.25) is 14.8 Å². The minimum absolute atomic E-state index is 0.370. The molecule has 0 atom stereocenters. The Hall–Kier alpha value is -2.50. The van der Waals surface area contributed by atoms with Gasteiger partial charge in [-0.25, -0.2) is 4.79 Å². The van der Waals surface area contributed by atoms with Crippen molar-refractivity contribution in [3.63, 3.8) is 0 Å². The molecule has 0 fully saturated rings. The highest BCUT2D eigenvalue weighted by Gasteiger charge is 2.35. The van der Waals surface area contributed by atoms with Crippen molar-refractivity contribution in [3.05, 3.63) is 36.2 Å². The van der Waals surface area contributed by atoms with Gasteiger partial charge in [-0.05, 0) is 32.0 Å². The molecule has 6 nitrogen and oxygen atoms in total. The molecule has 104 valence electrons. The Kier molecular flexibility index (Phi) is 3.40. The van der Waals surface area contributed by atoms with Crippen LogP contribution in [0.25, 0.3) is 11.0 Å². The van der Waals surface area contributed by atoms with E-state index in [0.717, 1.165) is 0 Å². The van der Waals surface area contributed by atoms with E-state index in [-0.39, 0.29) is 5.91 Å². The fourth-order valence-electron chi connectivity index (χ4n) is 1.69. The Morgan fingerprint density at radius 3 is 2.35 bits per heavy atom. The third-order valence-electron chi connectivity index (χ3n) is 3.38. The first-order valence-electron chi connectivity index (χ1n) is 6.06. The van der Waals surface area contributed by atoms with Gasteiger partial charge >= 0.3 is 5.97 Å². The van der Waals surface area contributed by atoms with E-state index in [0.29, 0.717) is 16.6 Å². The van der Waals surface area contributed by atoms with Crippen LogP contribution in [0.4, 0.5) is 0 Å². The summed E-state index contributed by atoms with van der Waals surface area (Å²) >= 11 is 0. The Morgan fingerprint density at radius 1 is 1.15 bits per heavy atom. The summed E-state index contributed by atoms with van der Waals surface area (Å²) in [6.07, 6.45) is 3.12. The third-order valence-corrected chi connectivity index (χ3v) is 3.38. The summed E-state index contributed by atoms with van der Waals surface area (Å²) < 4.78 is 0. The molecule has 1 N–H and O–H groups in total. The van der Waals surface area contributed by atoms with Crippen molar-refractivity contribution >= 4 is 22.9 Å². The number of carboxylic acids is 1. The van der Waals surface area contributed by atoms with Crippen molar-refractivity contribution in [1.29, 1.82) is 0 Å². The summed E-state index contributed by atoms with van der Waals surface area (Å²) in [7, 11) is 1.47. The zero-order valence-electron chi connectivity index (χ0n) is 11.5. The van der Waals surface area contributed by atoms with Crippen molar-refractivity contribution < 1.29 is 14.7 Å². The van der Waals surface area contributed by atoms with E-state index in [1.807, 2.05) is 0 Å². The molecule has 0 aliphatic rings. The van der Waals surface area contributed by atoms with Crippen LogP contribution in [0.1, 0.15) is 24.2 Å². The summed E-state index contributed by atoms with van der Waals surface area (Å²) in [6, 6.07) is 4.92. The molecule has 1 aromatic heterocycles. The molecule has 2 aromatic rings. The normalized spacial score (nSPS) is 11.3. The van der Waals surface area contributed by atoms with Gasteiger partial charge < -0.3 is 10.0 Å². The van der Waals surface area contributed by atoms with Gasteiger partial charge in [-0.2, -0.15) is 0 Å². The van der Waals surface area contributed by atoms with Gasteiger partial charge in [0, 0.05) is 25.0 Å². The number of aliphatic carboxylic acids is 1. The molecule has 0 saturated heterocycles. The van der Waals surface area contributed by atoms with Gasteiger partial charge in [-0.15, -0.1) is 0 Å². The first-order chi connectivity index (χ1) is 9.34. The van der Waals surface area contributed by atoms with Crippen LogP contribution >= 0.6 is 0 Å². The minimum Gasteiger partial charge on any atom is -0.480 e. The Labute approximate surface area is 116 Å². The van der Waals surface area contributed by atoms with Crippen LogP contribution < -0.4 is 0 Å². The lowest BCUT2D eigenvalue weighted by Gasteiger charge is -2.31. The van der Waals surface area contributed by atoms with Crippen LogP contribution in [0.15, 0.2) is 30.6 Å². The number of fused-ring (bicyclic) bond motifs is 1. The van der Waals surface area contributed by atoms with Crippen molar-refractivity contribution in [3.8, 4) is 0 Å². The summed E-state index contributed by atoms with van der Waals surface area (Å²) in [5.41, 5.74) is 0.382. The van der Waals surface area contributed by atoms with Crippen molar-refractivity contribution in [2.24, 2.45) is 0 Å². The average molecular weight is 273 g/mol. The fraction of sp³-hybridized carbons (Fsp3) is 0.286. The zero-order chi connectivity index (χ0) is 14.9. The molecule has 2 rings (SSSR count).